The standard InChI is InChI=1S/C18H25N3O3S/c1-13-9-10-16(22)15(20-13)12-19-11-14-7-5-6-8-17(14)25(23,24)21-18(2,3)4/h5-10,19,21-22H,11-12H2,1-4H3. The van der Waals surface area contributed by atoms with Crippen molar-refractivity contribution >= 4 is 10.0 Å². The smallest absolute Gasteiger partial charge is 0.241 e. The number of pyridine rings is 1. The van der Waals surface area contributed by atoms with E-state index in [1.54, 1.807) is 57.2 Å². The summed E-state index contributed by atoms with van der Waals surface area (Å²) in [6.07, 6.45) is 0. The van der Waals surface area contributed by atoms with E-state index in [9.17, 15) is 13.5 Å². The van der Waals surface area contributed by atoms with E-state index in [1.165, 1.54) is 0 Å². The van der Waals surface area contributed by atoms with E-state index in [4.69, 9.17) is 0 Å². The molecule has 7 heteroatoms. The van der Waals surface area contributed by atoms with E-state index in [0.717, 1.165) is 5.69 Å². The van der Waals surface area contributed by atoms with Crippen molar-refractivity contribution in [3.8, 4) is 5.75 Å². The van der Waals surface area contributed by atoms with Gasteiger partial charge in [0.25, 0.3) is 0 Å². The number of aryl methyl sites for hydroxylation is 1. The Balaban J connectivity index is 2.15. The number of aromatic nitrogens is 1. The molecule has 0 bridgehead atoms. The van der Waals surface area contributed by atoms with Gasteiger partial charge < -0.3 is 10.4 Å². The highest BCUT2D eigenvalue weighted by Crippen LogP contribution is 2.19. The van der Waals surface area contributed by atoms with Gasteiger partial charge in [-0.05, 0) is 51.5 Å². The second-order valence-corrected chi connectivity index (χ2v) is 8.64. The second kappa shape index (κ2) is 7.51. The van der Waals surface area contributed by atoms with Gasteiger partial charge in [-0.3, -0.25) is 4.98 Å². The molecule has 0 aliphatic heterocycles. The first-order chi connectivity index (χ1) is 11.6. The number of aromatic hydroxyl groups is 1. The molecule has 0 amide bonds. The molecule has 0 unspecified atom stereocenters. The van der Waals surface area contributed by atoms with E-state index in [0.29, 0.717) is 24.3 Å². The van der Waals surface area contributed by atoms with Crippen LogP contribution in [0.4, 0.5) is 0 Å². The fraction of sp³-hybridized carbons (Fsp3) is 0.389. The van der Waals surface area contributed by atoms with Crippen molar-refractivity contribution in [2.75, 3.05) is 0 Å². The molecule has 0 spiro atoms. The normalized spacial score (nSPS) is 12.3. The molecule has 1 heterocycles. The van der Waals surface area contributed by atoms with Gasteiger partial charge in [-0.15, -0.1) is 0 Å². The number of nitrogens with zero attached hydrogens (tertiary/aromatic N) is 1. The van der Waals surface area contributed by atoms with Gasteiger partial charge in [0, 0.05) is 24.3 Å². The molecule has 1 aromatic heterocycles. The van der Waals surface area contributed by atoms with Crippen LogP contribution in [0.2, 0.25) is 0 Å². The highest BCUT2D eigenvalue weighted by molar-refractivity contribution is 7.89. The van der Waals surface area contributed by atoms with Crippen LogP contribution in [0.5, 0.6) is 5.75 Å². The topological polar surface area (TPSA) is 91.3 Å². The van der Waals surface area contributed by atoms with Crippen LogP contribution in [-0.4, -0.2) is 24.0 Å². The van der Waals surface area contributed by atoms with Crippen molar-refractivity contribution in [1.82, 2.24) is 15.0 Å². The lowest BCUT2D eigenvalue weighted by Gasteiger charge is -2.21. The zero-order valence-electron chi connectivity index (χ0n) is 15.0. The highest BCUT2D eigenvalue weighted by atomic mass is 32.2. The van der Waals surface area contributed by atoms with E-state index < -0.39 is 15.6 Å². The number of nitrogens with one attached hydrogen (secondary N) is 2. The Morgan fingerprint density at radius 3 is 2.44 bits per heavy atom. The second-order valence-electron chi connectivity index (χ2n) is 6.99. The van der Waals surface area contributed by atoms with E-state index >= 15 is 0 Å². The van der Waals surface area contributed by atoms with Crippen LogP contribution in [0.25, 0.3) is 0 Å². The van der Waals surface area contributed by atoms with Crippen LogP contribution in [0.3, 0.4) is 0 Å². The minimum atomic E-state index is -3.61. The zero-order chi connectivity index (χ0) is 18.7. The van der Waals surface area contributed by atoms with Gasteiger partial charge in [-0.1, -0.05) is 18.2 Å². The Bertz CT molecular complexity index is 843. The molecule has 0 aliphatic rings. The average Bonchev–Trinajstić information content (AvgIpc) is 2.49. The van der Waals surface area contributed by atoms with Crippen molar-refractivity contribution in [3.63, 3.8) is 0 Å². The lowest BCUT2D eigenvalue weighted by atomic mass is 10.1. The third-order valence-electron chi connectivity index (χ3n) is 3.40. The average molecular weight is 363 g/mol. The molecule has 0 radical (unpaired) electrons. The van der Waals surface area contributed by atoms with E-state index in [-0.39, 0.29) is 10.6 Å². The maximum Gasteiger partial charge on any atom is 0.241 e. The van der Waals surface area contributed by atoms with Gasteiger partial charge in [-0.25, -0.2) is 13.1 Å². The Hall–Kier alpha value is -1.96. The van der Waals surface area contributed by atoms with Crippen molar-refractivity contribution in [3.05, 3.63) is 53.3 Å². The van der Waals surface area contributed by atoms with Gasteiger partial charge in [0.05, 0.1) is 10.6 Å². The van der Waals surface area contributed by atoms with E-state index in [2.05, 4.69) is 15.0 Å². The van der Waals surface area contributed by atoms with Gasteiger partial charge in [0.2, 0.25) is 10.0 Å². The molecule has 2 aromatic rings. The maximum atomic E-state index is 12.6. The van der Waals surface area contributed by atoms with Crippen LogP contribution < -0.4 is 10.0 Å². The Morgan fingerprint density at radius 1 is 1.08 bits per heavy atom. The van der Waals surface area contributed by atoms with Gasteiger partial charge in [0.1, 0.15) is 5.75 Å². The molecule has 0 saturated heterocycles. The summed E-state index contributed by atoms with van der Waals surface area (Å²) in [6.45, 7) is 7.95. The van der Waals surface area contributed by atoms with Crippen molar-refractivity contribution in [1.29, 1.82) is 0 Å². The van der Waals surface area contributed by atoms with Crippen LogP contribution >= 0.6 is 0 Å². The molecule has 6 nitrogen and oxygen atoms in total. The SMILES string of the molecule is Cc1ccc(O)c(CNCc2ccccc2S(=O)(=O)NC(C)(C)C)n1. The minimum absolute atomic E-state index is 0.119. The van der Waals surface area contributed by atoms with Gasteiger partial charge in [-0.2, -0.15) is 0 Å². The first-order valence-electron chi connectivity index (χ1n) is 8.06. The predicted octanol–water partition coefficient (Wildman–Crippen LogP) is 2.46. The fourth-order valence-electron chi connectivity index (χ4n) is 2.42. The number of hydrogen-bond acceptors (Lipinski definition) is 5. The summed E-state index contributed by atoms with van der Waals surface area (Å²) in [5.41, 5.74) is 1.45. The van der Waals surface area contributed by atoms with Crippen LogP contribution in [0.15, 0.2) is 41.3 Å². The number of hydrogen-bond donors (Lipinski definition) is 3. The first kappa shape index (κ1) is 19.4. The maximum absolute atomic E-state index is 12.6. The van der Waals surface area contributed by atoms with Crippen LogP contribution in [0.1, 0.15) is 37.7 Å². The highest BCUT2D eigenvalue weighted by Gasteiger charge is 2.24. The quantitative estimate of drug-likeness (QED) is 0.733. The molecule has 0 atom stereocenters. The largest absolute Gasteiger partial charge is 0.506 e. The van der Waals surface area contributed by atoms with Crippen LogP contribution in [-0.2, 0) is 23.1 Å². The van der Waals surface area contributed by atoms with Crippen molar-refractivity contribution in [2.45, 2.75) is 51.2 Å². The molecule has 0 fully saturated rings. The predicted molar refractivity (Wildman–Crippen MR) is 97.7 cm³/mol. The monoisotopic (exact) mass is 363 g/mol. The summed E-state index contributed by atoms with van der Waals surface area (Å²) in [5, 5.41) is 13.0. The summed E-state index contributed by atoms with van der Waals surface area (Å²) in [4.78, 5) is 4.53. The number of benzene rings is 1. The molecule has 25 heavy (non-hydrogen) atoms. The molecule has 0 aliphatic carbocycles. The number of rotatable bonds is 6. The van der Waals surface area contributed by atoms with Gasteiger partial charge >= 0.3 is 0 Å². The number of sulfonamides is 1. The molecule has 136 valence electrons. The van der Waals surface area contributed by atoms with E-state index in [1.807, 2.05) is 6.92 Å². The molecule has 0 saturated carbocycles. The Kier molecular flexibility index (Phi) is 5.82. The van der Waals surface area contributed by atoms with Crippen molar-refractivity contribution in [2.24, 2.45) is 0 Å². The third-order valence-corrected chi connectivity index (χ3v) is 5.26. The lowest BCUT2D eigenvalue weighted by Crippen LogP contribution is -2.40. The fourth-order valence-corrected chi connectivity index (χ4v) is 4.08. The van der Waals surface area contributed by atoms with Crippen molar-refractivity contribution < 1.29 is 13.5 Å². The Labute approximate surface area is 149 Å². The summed E-state index contributed by atoms with van der Waals surface area (Å²) in [6, 6.07) is 10.2. The summed E-state index contributed by atoms with van der Waals surface area (Å²) < 4.78 is 27.9. The van der Waals surface area contributed by atoms with Crippen LogP contribution in [0, 0.1) is 6.92 Å². The summed E-state index contributed by atoms with van der Waals surface area (Å²) in [7, 11) is -3.61. The summed E-state index contributed by atoms with van der Waals surface area (Å²) >= 11 is 0. The molecule has 1 aromatic carbocycles. The molecular formula is C18H25N3O3S. The third kappa shape index (κ3) is 5.52. The summed E-state index contributed by atoms with van der Waals surface area (Å²) in [5.74, 6) is 0.119. The van der Waals surface area contributed by atoms with Gasteiger partial charge in [0.15, 0.2) is 0 Å². The molecular weight excluding hydrogens is 338 g/mol. The zero-order valence-corrected chi connectivity index (χ0v) is 15.8. The molecule has 3 N–H and O–H groups in total. The lowest BCUT2D eigenvalue weighted by molar-refractivity contribution is 0.458. The Morgan fingerprint density at radius 2 is 1.76 bits per heavy atom. The molecule has 2 rings (SSSR count). The first-order valence-corrected chi connectivity index (χ1v) is 9.55. The minimum Gasteiger partial charge on any atom is -0.506 e.